The van der Waals surface area contributed by atoms with Crippen LogP contribution >= 0.6 is 0 Å². The van der Waals surface area contributed by atoms with E-state index in [0.717, 1.165) is 11.1 Å². The molecule has 4 heteroatoms. The topological polar surface area (TPSA) is 54.4 Å². The molecule has 108 valence electrons. The smallest absolute Gasteiger partial charge is 0.282 e. The lowest BCUT2D eigenvalue weighted by atomic mass is 9.87. The normalized spacial score (nSPS) is 12.7. The predicted octanol–water partition coefficient (Wildman–Crippen LogP) is 4.30. The van der Waals surface area contributed by atoms with Crippen LogP contribution in [0.1, 0.15) is 76.0 Å². The van der Waals surface area contributed by atoms with E-state index >= 15 is 0 Å². The monoisotopic (exact) mass is 284 g/mol. The largest absolute Gasteiger partial charge is 0.295 e. The minimum atomic E-state index is -4.21. The van der Waals surface area contributed by atoms with E-state index in [0.29, 0.717) is 5.56 Å². The van der Waals surface area contributed by atoms with Crippen molar-refractivity contribution in [2.75, 3.05) is 0 Å². The SMILES string of the molecule is CC(C)c1ccc(C(C)C)c(S(=O)(=O)O)c1C(C)C. The summed E-state index contributed by atoms with van der Waals surface area (Å²) in [6.07, 6.45) is 0. The summed E-state index contributed by atoms with van der Waals surface area (Å²) in [5.41, 5.74) is 2.44. The summed E-state index contributed by atoms with van der Waals surface area (Å²) in [5.74, 6) is 0.322. The van der Waals surface area contributed by atoms with Gasteiger partial charge in [0.15, 0.2) is 0 Å². The third kappa shape index (κ3) is 3.37. The zero-order valence-electron chi connectivity index (χ0n) is 12.6. The van der Waals surface area contributed by atoms with E-state index < -0.39 is 10.1 Å². The van der Waals surface area contributed by atoms with Crippen molar-refractivity contribution in [2.24, 2.45) is 0 Å². The van der Waals surface area contributed by atoms with Crippen LogP contribution in [0, 0.1) is 0 Å². The third-order valence-corrected chi connectivity index (χ3v) is 4.31. The Morgan fingerprint density at radius 2 is 1.26 bits per heavy atom. The number of rotatable bonds is 4. The molecular weight excluding hydrogens is 260 g/mol. The number of hydrogen-bond donors (Lipinski definition) is 1. The molecule has 1 rings (SSSR count). The van der Waals surface area contributed by atoms with Crippen LogP contribution in [0.4, 0.5) is 0 Å². The third-order valence-electron chi connectivity index (χ3n) is 3.34. The fourth-order valence-electron chi connectivity index (χ4n) is 2.47. The molecule has 0 radical (unpaired) electrons. The lowest BCUT2D eigenvalue weighted by Crippen LogP contribution is -2.13. The maximum absolute atomic E-state index is 11.8. The van der Waals surface area contributed by atoms with E-state index in [1.165, 1.54) is 0 Å². The Morgan fingerprint density at radius 3 is 1.58 bits per heavy atom. The fraction of sp³-hybridized carbons (Fsp3) is 0.600. The van der Waals surface area contributed by atoms with E-state index in [2.05, 4.69) is 0 Å². The number of benzene rings is 1. The van der Waals surface area contributed by atoms with Gasteiger partial charge in [-0.3, -0.25) is 4.55 Å². The van der Waals surface area contributed by atoms with Gasteiger partial charge in [-0.2, -0.15) is 8.42 Å². The molecule has 1 aromatic carbocycles. The average molecular weight is 284 g/mol. The van der Waals surface area contributed by atoms with Gasteiger partial charge in [-0.15, -0.1) is 0 Å². The first kappa shape index (κ1) is 16.2. The van der Waals surface area contributed by atoms with Crippen molar-refractivity contribution in [1.29, 1.82) is 0 Å². The van der Waals surface area contributed by atoms with Crippen LogP contribution in [-0.2, 0) is 10.1 Å². The summed E-state index contributed by atoms with van der Waals surface area (Å²) < 4.78 is 33.3. The van der Waals surface area contributed by atoms with E-state index in [1.54, 1.807) is 0 Å². The molecule has 0 aliphatic heterocycles. The molecule has 0 amide bonds. The molecule has 0 heterocycles. The van der Waals surface area contributed by atoms with Gasteiger partial charge in [0.05, 0.1) is 0 Å². The minimum absolute atomic E-state index is 0.0491. The zero-order chi connectivity index (χ0) is 15.0. The van der Waals surface area contributed by atoms with Crippen molar-refractivity contribution in [3.63, 3.8) is 0 Å². The highest BCUT2D eigenvalue weighted by molar-refractivity contribution is 7.86. The van der Waals surface area contributed by atoms with Gasteiger partial charge in [-0.05, 0) is 34.4 Å². The molecule has 0 unspecified atom stereocenters. The van der Waals surface area contributed by atoms with Gasteiger partial charge in [0.2, 0.25) is 0 Å². The summed E-state index contributed by atoms with van der Waals surface area (Å²) in [5, 5.41) is 0. The van der Waals surface area contributed by atoms with Crippen molar-refractivity contribution >= 4 is 10.1 Å². The second-order valence-electron chi connectivity index (χ2n) is 5.93. The second-order valence-corrected chi connectivity index (χ2v) is 7.28. The Labute approximate surface area is 116 Å². The van der Waals surface area contributed by atoms with E-state index in [9.17, 15) is 13.0 Å². The second kappa shape index (κ2) is 5.63. The fourth-order valence-corrected chi connectivity index (χ4v) is 3.71. The molecule has 3 nitrogen and oxygen atoms in total. The van der Waals surface area contributed by atoms with Crippen LogP contribution in [0.5, 0.6) is 0 Å². The van der Waals surface area contributed by atoms with Crippen molar-refractivity contribution in [1.82, 2.24) is 0 Å². The first-order valence-corrected chi connectivity index (χ1v) is 8.15. The van der Waals surface area contributed by atoms with Gasteiger partial charge >= 0.3 is 0 Å². The van der Waals surface area contributed by atoms with Crippen LogP contribution in [0.15, 0.2) is 17.0 Å². The molecule has 0 aliphatic carbocycles. The molecule has 0 aliphatic rings. The van der Waals surface area contributed by atoms with Crippen LogP contribution in [-0.4, -0.2) is 13.0 Å². The minimum Gasteiger partial charge on any atom is -0.282 e. The van der Waals surface area contributed by atoms with Gasteiger partial charge < -0.3 is 0 Å². The Morgan fingerprint density at radius 1 is 0.842 bits per heavy atom. The van der Waals surface area contributed by atoms with Gasteiger partial charge in [-0.25, -0.2) is 0 Å². The summed E-state index contributed by atoms with van der Waals surface area (Å²) in [7, 11) is -4.21. The molecule has 0 bridgehead atoms. The van der Waals surface area contributed by atoms with Crippen LogP contribution < -0.4 is 0 Å². The summed E-state index contributed by atoms with van der Waals surface area (Å²) >= 11 is 0. The Bertz CT molecular complexity index is 555. The predicted molar refractivity (Wildman–Crippen MR) is 78.5 cm³/mol. The Hall–Kier alpha value is -0.870. The first-order chi connectivity index (χ1) is 8.57. The highest BCUT2D eigenvalue weighted by atomic mass is 32.2. The molecule has 1 aromatic rings. The van der Waals surface area contributed by atoms with Gasteiger partial charge in [0.25, 0.3) is 10.1 Å². The molecule has 1 N–H and O–H groups in total. The molecule has 0 fully saturated rings. The van der Waals surface area contributed by atoms with Crippen LogP contribution in [0.2, 0.25) is 0 Å². The van der Waals surface area contributed by atoms with Gasteiger partial charge in [0.1, 0.15) is 4.90 Å². The Kier molecular flexibility index (Phi) is 4.80. The first-order valence-electron chi connectivity index (χ1n) is 6.71. The van der Waals surface area contributed by atoms with Gasteiger partial charge in [-0.1, -0.05) is 53.7 Å². The maximum atomic E-state index is 11.8. The molecule has 0 saturated heterocycles. The quantitative estimate of drug-likeness (QED) is 0.838. The lowest BCUT2D eigenvalue weighted by molar-refractivity contribution is 0.479. The van der Waals surface area contributed by atoms with E-state index in [4.69, 9.17) is 0 Å². The molecule has 0 saturated carbocycles. The van der Waals surface area contributed by atoms with Crippen LogP contribution in [0.3, 0.4) is 0 Å². The Balaban J connectivity index is 3.83. The average Bonchev–Trinajstić information content (AvgIpc) is 2.25. The van der Waals surface area contributed by atoms with Crippen molar-refractivity contribution < 1.29 is 13.0 Å². The van der Waals surface area contributed by atoms with Crippen molar-refractivity contribution in [3.8, 4) is 0 Å². The molecule has 19 heavy (non-hydrogen) atoms. The van der Waals surface area contributed by atoms with Gasteiger partial charge in [0, 0.05) is 0 Å². The maximum Gasteiger partial charge on any atom is 0.295 e. The highest BCUT2D eigenvalue weighted by Gasteiger charge is 2.26. The zero-order valence-corrected chi connectivity index (χ0v) is 13.4. The summed E-state index contributed by atoms with van der Waals surface area (Å²) in [6.45, 7) is 11.8. The standard InChI is InChI=1S/C15H24O3S/c1-9(2)12-7-8-13(10(3)4)15(19(16,17)18)14(12)11(5)6/h7-11H,1-6H3,(H,16,17,18). The molecule has 0 aromatic heterocycles. The van der Waals surface area contributed by atoms with E-state index in [-0.39, 0.29) is 22.6 Å². The lowest BCUT2D eigenvalue weighted by Gasteiger charge is -2.23. The molecule has 0 spiro atoms. The molecular formula is C15H24O3S. The number of hydrogen-bond acceptors (Lipinski definition) is 2. The van der Waals surface area contributed by atoms with Crippen LogP contribution in [0.25, 0.3) is 0 Å². The van der Waals surface area contributed by atoms with Crippen molar-refractivity contribution in [2.45, 2.75) is 64.2 Å². The summed E-state index contributed by atoms with van der Waals surface area (Å²) in [4.78, 5) is 0.115. The van der Waals surface area contributed by atoms with Crippen molar-refractivity contribution in [3.05, 3.63) is 28.8 Å². The summed E-state index contributed by atoms with van der Waals surface area (Å²) in [6, 6.07) is 3.82. The van der Waals surface area contributed by atoms with E-state index in [1.807, 2.05) is 53.7 Å². The molecule has 0 atom stereocenters. The highest BCUT2D eigenvalue weighted by Crippen LogP contribution is 2.36.